The van der Waals surface area contributed by atoms with E-state index in [0.717, 1.165) is 21.9 Å². The maximum absolute atomic E-state index is 14.5. The van der Waals surface area contributed by atoms with Crippen molar-refractivity contribution in [3.05, 3.63) is 83.9 Å². The van der Waals surface area contributed by atoms with Gasteiger partial charge in [-0.1, -0.05) is 72.8 Å². The molecule has 0 aliphatic heterocycles. The smallest absolute Gasteiger partial charge is 0.410 e. The molecule has 0 heterocycles. The van der Waals surface area contributed by atoms with Crippen molar-refractivity contribution < 1.29 is 28.7 Å². The van der Waals surface area contributed by atoms with Gasteiger partial charge in [-0.3, -0.25) is 24.1 Å². The molecule has 0 saturated heterocycles. The van der Waals surface area contributed by atoms with Crippen LogP contribution in [0.15, 0.2) is 72.8 Å². The van der Waals surface area contributed by atoms with Crippen molar-refractivity contribution in [3.8, 4) is 0 Å². The molecule has 3 rings (SSSR count). The number of hydrogen-bond donors (Lipinski definition) is 3. The lowest BCUT2D eigenvalue weighted by molar-refractivity contribution is -0.143. The molecule has 0 fully saturated rings. The summed E-state index contributed by atoms with van der Waals surface area (Å²) in [5.41, 5.74) is 0.866. The quantitative estimate of drug-likeness (QED) is 0.207. The van der Waals surface area contributed by atoms with E-state index in [1.54, 1.807) is 27.8 Å². The molecule has 11 nitrogen and oxygen atoms in total. The lowest BCUT2D eigenvalue weighted by Crippen LogP contribution is -2.58. The fraction of sp³-hybridized carbons (Fsp3) is 0.447. The fourth-order valence-corrected chi connectivity index (χ4v) is 5.52. The Labute approximate surface area is 289 Å². The van der Waals surface area contributed by atoms with Crippen LogP contribution in [0, 0.1) is 0 Å². The van der Waals surface area contributed by atoms with Crippen molar-refractivity contribution in [1.29, 1.82) is 0 Å². The van der Waals surface area contributed by atoms with Crippen LogP contribution in [0.25, 0.3) is 10.8 Å². The zero-order valence-electron chi connectivity index (χ0n) is 29.7. The maximum atomic E-state index is 14.5. The minimum atomic E-state index is -1.01. The van der Waals surface area contributed by atoms with Gasteiger partial charge >= 0.3 is 6.09 Å². The van der Waals surface area contributed by atoms with E-state index in [2.05, 4.69) is 16.0 Å². The van der Waals surface area contributed by atoms with E-state index >= 15 is 0 Å². The van der Waals surface area contributed by atoms with E-state index < -0.39 is 41.6 Å². The highest BCUT2D eigenvalue weighted by molar-refractivity contribution is 5.94. The Morgan fingerprint density at radius 1 is 0.755 bits per heavy atom. The van der Waals surface area contributed by atoms with Crippen molar-refractivity contribution >= 4 is 40.5 Å². The van der Waals surface area contributed by atoms with Crippen molar-refractivity contribution in [2.24, 2.45) is 0 Å². The van der Waals surface area contributed by atoms with Crippen molar-refractivity contribution in [1.82, 2.24) is 25.8 Å². The van der Waals surface area contributed by atoms with Crippen LogP contribution < -0.4 is 16.0 Å². The minimum absolute atomic E-state index is 0.135. The summed E-state index contributed by atoms with van der Waals surface area (Å²) in [4.78, 5) is 68.7. The van der Waals surface area contributed by atoms with Crippen LogP contribution in [-0.2, 0) is 36.8 Å². The number of rotatable bonds is 15. The predicted molar refractivity (Wildman–Crippen MR) is 191 cm³/mol. The average molecular weight is 674 g/mol. The van der Waals surface area contributed by atoms with Crippen molar-refractivity contribution in [2.75, 3.05) is 27.7 Å². The number of unbranched alkanes of at least 4 members (excludes halogenated alkanes) is 1. The molecular formula is C38H51N5O6. The van der Waals surface area contributed by atoms with Gasteiger partial charge < -0.3 is 25.6 Å². The Balaban J connectivity index is 1.94. The maximum Gasteiger partial charge on any atom is 0.410 e. The molecule has 3 aromatic rings. The molecule has 0 radical (unpaired) electrons. The van der Waals surface area contributed by atoms with Crippen LogP contribution in [-0.4, -0.2) is 90.9 Å². The van der Waals surface area contributed by atoms with Gasteiger partial charge in [0.2, 0.25) is 23.6 Å². The van der Waals surface area contributed by atoms with Gasteiger partial charge in [0.05, 0.1) is 0 Å². The van der Waals surface area contributed by atoms with Crippen LogP contribution in [0.5, 0.6) is 0 Å². The summed E-state index contributed by atoms with van der Waals surface area (Å²) in [5.74, 6) is -1.45. The SMILES string of the molecule is CNC(=O)C(CCCCNC(C)=O)NC(=O)C(Cc1ccccc1)N(C)C(=O)[C@@H](Cc1ccc2ccccc2c1)N(C)C(=O)OC(C)(C)C. The molecule has 0 aromatic heterocycles. The molecular weight excluding hydrogens is 622 g/mol. The van der Waals surface area contributed by atoms with Gasteiger partial charge in [0.15, 0.2) is 0 Å². The summed E-state index contributed by atoms with van der Waals surface area (Å²) in [6.45, 7) is 7.17. The number of carbonyl (C=O) groups is 5. The Morgan fingerprint density at radius 3 is 2.02 bits per heavy atom. The predicted octanol–water partition coefficient (Wildman–Crippen LogP) is 4.22. The summed E-state index contributed by atoms with van der Waals surface area (Å²) in [6, 6.07) is 20.2. The molecule has 49 heavy (non-hydrogen) atoms. The van der Waals surface area contributed by atoms with E-state index in [-0.39, 0.29) is 24.7 Å². The van der Waals surface area contributed by atoms with Gasteiger partial charge in [-0.15, -0.1) is 0 Å². The molecule has 3 N–H and O–H groups in total. The van der Waals surface area contributed by atoms with E-state index in [4.69, 9.17) is 4.74 Å². The van der Waals surface area contributed by atoms with Gasteiger partial charge in [-0.2, -0.15) is 0 Å². The number of likely N-dealkylation sites (N-methyl/N-ethyl adjacent to an activating group) is 3. The molecule has 2 unspecified atom stereocenters. The Bertz CT molecular complexity index is 1590. The minimum Gasteiger partial charge on any atom is -0.444 e. The van der Waals surface area contributed by atoms with Crippen LogP contribution in [0.3, 0.4) is 0 Å². The molecule has 0 bridgehead atoms. The number of ether oxygens (including phenoxy) is 1. The lowest BCUT2D eigenvalue weighted by Gasteiger charge is -2.35. The van der Waals surface area contributed by atoms with E-state index in [0.29, 0.717) is 25.8 Å². The second-order valence-corrected chi connectivity index (χ2v) is 13.3. The molecule has 0 aliphatic rings. The molecule has 5 amide bonds. The first kappa shape index (κ1) is 38.5. The Morgan fingerprint density at radius 2 is 1.39 bits per heavy atom. The largest absolute Gasteiger partial charge is 0.444 e. The standard InChI is InChI=1S/C38H51N5O6/c1-26(44)40-22-14-13-19-31(34(45)39-5)41-35(46)32(24-27-15-9-8-10-16-27)42(6)36(47)33(43(7)37(48)49-38(2,3)4)25-28-20-21-29-17-11-12-18-30(29)23-28/h8-12,15-18,20-21,23,31-33H,13-14,19,22,24-25H2,1-7H3,(H,39,45)(H,40,44)(H,41,46)/t31?,32?,33-/m1/s1. The highest BCUT2D eigenvalue weighted by atomic mass is 16.6. The molecule has 3 atom stereocenters. The number of nitrogens with zero attached hydrogens (tertiary/aromatic N) is 2. The third-order valence-corrected chi connectivity index (χ3v) is 8.24. The second kappa shape index (κ2) is 18.0. The van der Waals surface area contributed by atoms with Crippen LogP contribution in [0.2, 0.25) is 0 Å². The third kappa shape index (κ3) is 11.9. The summed E-state index contributed by atoms with van der Waals surface area (Å²) >= 11 is 0. The van der Waals surface area contributed by atoms with Crippen molar-refractivity contribution in [3.63, 3.8) is 0 Å². The molecule has 11 heteroatoms. The van der Waals surface area contributed by atoms with Crippen LogP contribution in [0.4, 0.5) is 4.79 Å². The number of benzene rings is 3. The van der Waals surface area contributed by atoms with Gasteiger partial charge in [0.25, 0.3) is 0 Å². The van der Waals surface area contributed by atoms with E-state index in [9.17, 15) is 24.0 Å². The number of carbonyl (C=O) groups excluding carboxylic acids is 5. The summed E-state index contributed by atoms with van der Waals surface area (Å²) in [7, 11) is 4.58. The first-order chi connectivity index (χ1) is 23.2. The average Bonchev–Trinajstić information content (AvgIpc) is 3.07. The van der Waals surface area contributed by atoms with E-state index in [1.807, 2.05) is 72.8 Å². The number of fused-ring (bicyclic) bond motifs is 1. The normalized spacial score (nSPS) is 13.0. The Kier molecular flexibility index (Phi) is 14.2. The van der Waals surface area contributed by atoms with Gasteiger partial charge in [0.1, 0.15) is 23.7 Å². The zero-order chi connectivity index (χ0) is 36.1. The fourth-order valence-electron chi connectivity index (χ4n) is 5.52. The summed E-state index contributed by atoms with van der Waals surface area (Å²) in [6.07, 6.45) is 1.23. The zero-order valence-corrected chi connectivity index (χ0v) is 29.7. The number of nitrogens with one attached hydrogen (secondary N) is 3. The molecule has 0 spiro atoms. The van der Waals surface area contributed by atoms with Gasteiger partial charge in [-0.25, -0.2) is 4.79 Å². The summed E-state index contributed by atoms with van der Waals surface area (Å²) < 4.78 is 5.65. The van der Waals surface area contributed by atoms with Gasteiger partial charge in [-0.05, 0) is 61.9 Å². The second-order valence-electron chi connectivity index (χ2n) is 13.3. The monoisotopic (exact) mass is 673 g/mol. The first-order valence-electron chi connectivity index (χ1n) is 16.7. The van der Waals surface area contributed by atoms with Gasteiger partial charge in [0, 0.05) is 47.5 Å². The number of amides is 5. The topological polar surface area (TPSA) is 137 Å². The molecule has 3 aromatic carbocycles. The highest BCUT2D eigenvalue weighted by Gasteiger charge is 2.37. The Hall–Kier alpha value is -4.93. The summed E-state index contributed by atoms with van der Waals surface area (Å²) in [5, 5.41) is 10.3. The first-order valence-corrected chi connectivity index (χ1v) is 16.7. The molecule has 0 saturated carbocycles. The van der Waals surface area contributed by atoms with Crippen LogP contribution in [0.1, 0.15) is 58.1 Å². The lowest BCUT2D eigenvalue weighted by atomic mass is 9.98. The third-order valence-electron chi connectivity index (χ3n) is 8.24. The molecule has 264 valence electrons. The molecule has 0 aliphatic carbocycles. The number of hydrogen-bond acceptors (Lipinski definition) is 6. The van der Waals surface area contributed by atoms with E-state index in [1.165, 1.54) is 30.8 Å². The van der Waals surface area contributed by atoms with Crippen molar-refractivity contribution in [2.45, 2.75) is 83.5 Å². The highest BCUT2D eigenvalue weighted by Crippen LogP contribution is 2.21. The van der Waals surface area contributed by atoms with Crippen LogP contribution >= 0.6 is 0 Å².